The van der Waals surface area contributed by atoms with E-state index in [2.05, 4.69) is 38.4 Å². The maximum Gasteiger partial charge on any atom is 0.268 e. The van der Waals surface area contributed by atoms with Gasteiger partial charge in [-0.05, 0) is 47.2 Å². The Kier molecular flexibility index (Phi) is 4.80. The van der Waals surface area contributed by atoms with Gasteiger partial charge in [-0.3, -0.25) is 9.78 Å². The third-order valence-corrected chi connectivity index (χ3v) is 5.28. The van der Waals surface area contributed by atoms with Gasteiger partial charge in [-0.25, -0.2) is 0 Å². The summed E-state index contributed by atoms with van der Waals surface area (Å²) in [5.41, 5.74) is 4.15. The highest BCUT2D eigenvalue weighted by atomic mass is 32.1. The molecule has 0 bridgehead atoms. The van der Waals surface area contributed by atoms with Crippen molar-refractivity contribution in [1.29, 1.82) is 0 Å². The number of rotatable bonds is 6. The van der Waals surface area contributed by atoms with Gasteiger partial charge in [0.15, 0.2) is 0 Å². The fourth-order valence-corrected chi connectivity index (χ4v) is 3.89. The molecule has 130 valence electrons. The van der Waals surface area contributed by atoms with E-state index in [1.54, 1.807) is 23.7 Å². The highest BCUT2D eigenvalue weighted by molar-refractivity contribution is 7.17. The summed E-state index contributed by atoms with van der Waals surface area (Å²) < 4.78 is 3.27. The molecular weight excluding hydrogens is 342 g/mol. The zero-order valence-electron chi connectivity index (χ0n) is 14.3. The van der Waals surface area contributed by atoms with Crippen molar-refractivity contribution in [2.24, 2.45) is 0 Å². The van der Waals surface area contributed by atoms with E-state index in [0.717, 1.165) is 34.4 Å². The van der Waals surface area contributed by atoms with Crippen LogP contribution in [-0.4, -0.2) is 15.5 Å². The van der Waals surface area contributed by atoms with Gasteiger partial charge in [0.05, 0.1) is 10.2 Å². The average molecular weight is 361 g/mol. The van der Waals surface area contributed by atoms with E-state index in [1.807, 2.05) is 36.4 Å². The summed E-state index contributed by atoms with van der Waals surface area (Å²) in [5.74, 6) is -0.0433. The highest BCUT2D eigenvalue weighted by Gasteiger charge is 2.16. The minimum atomic E-state index is -0.0433. The number of aromatic nitrogens is 2. The molecule has 0 saturated carbocycles. The number of amides is 1. The monoisotopic (exact) mass is 361 g/mol. The average Bonchev–Trinajstić information content (AvgIpc) is 3.28. The van der Waals surface area contributed by atoms with Crippen LogP contribution < -0.4 is 5.32 Å². The van der Waals surface area contributed by atoms with Gasteiger partial charge in [0.25, 0.3) is 5.91 Å². The first-order valence-electron chi connectivity index (χ1n) is 8.59. The molecule has 0 aliphatic rings. The Balaban J connectivity index is 1.54. The number of aryl methyl sites for hydroxylation is 2. The number of fused-ring (bicyclic) bond motifs is 1. The lowest BCUT2D eigenvalue weighted by Gasteiger charge is -2.11. The molecule has 1 N–H and O–H groups in total. The summed E-state index contributed by atoms with van der Waals surface area (Å²) in [6, 6.07) is 18.3. The fraction of sp³-hybridized carbons (Fsp3) is 0.143. The summed E-state index contributed by atoms with van der Waals surface area (Å²) in [7, 11) is 0. The van der Waals surface area contributed by atoms with Crippen LogP contribution in [0.25, 0.3) is 10.2 Å². The third-order valence-electron chi connectivity index (χ3n) is 4.42. The number of pyridine rings is 1. The SMILES string of the molecule is O=C(NCc1ccncc1)c1cc2sccc2n1CCc1ccccc1. The molecule has 5 heteroatoms. The van der Waals surface area contributed by atoms with Crippen LogP contribution >= 0.6 is 11.3 Å². The molecule has 0 aliphatic carbocycles. The van der Waals surface area contributed by atoms with Gasteiger partial charge in [-0.1, -0.05) is 30.3 Å². The molecular formula is C21H19N3OS. The lowest BCUT2D eigenvalue weighted by molar-refractivity contribution is 0.0942. The number of hydrogen-bond donors (Lipinski definition) is 1. The first-order chi connectivity index (χ1) is 12.8. The van der Waals surface area contributed by atoms with Gasteiger partial charge < -0.3 is 9.88 Å². The molecule has 26 heavy (non-hydrogen) atoms. The maximum absolute atomic E-state index is 12.8. The first kappa shape index (κ1) is 16.5. The van der Waals surface area contributed by atoms with E-state index in [9.17, 15) is 4.79 Å². The van der Waals surface area contributed by atoms with Crippen LogP contribution in [-0.2, 0) is 19.5 Å². The van der Waals surface area contributed by atoms with Crippen LogP contribution in [0.5, 0.6) is 0 Å². The lowest BCUT2D eigenvalue weighted by atomic mass is 10.1. The van der Waals surface area contributed by atoms with Crippen molar-refractivity contribution in [1.82, 2.24) is 14.9 Å². The van der Waals surface area contributed by atoms with Crippen molar-refractivity contribution < 1.29 is 4.79 Å². The van der Waals surface area contributed by atoms with E-state index in [-0.39, 0.29) is 5.91 Å². The predicted octanol–water partition coefficient (Wildman–Crippen LogP) is 4.27. The number of benzene rings is 1. The molecule has 0 saturated heterocycles. The summed E-state index contributed by atoms with van der Waals surface area (Å²) in [6.45, 7) is 1.28. The van der Waals surface area contributed by atoms with Gasteiger partial charge in [-0.15, -0.1) is 11.3 Å². The van der Waals surface area contributed by atoms with Crippen LogP contribution in [0, 0.1) is 0 Å². The largest absolute Gasteiger partial charge is 0.347 e. The number of hydrogen-bond acceptors (Lipinski definition) is 3. The quantitative estimate of drug-likeness (QED) is 0.557. The number of carbonyl (C=O) groups excluding carboxylic acids is 1. The van der Waals surface area contributed by atoms with Gasteiger partial charge in [-0.2, -0.15) is 0 Å². The Hall–Kier alpha value is -2.92. The van der Waals surface area contributed by atoms with Crippen LogP contribution in [0.4, 0.5) is 0 Å². The third kappa shape index (κ3) is 3.53. The minimum Gasteiger partial charge on any atom is -0.347 e. The van der Waals surface area contributed by atoms with Crippen LogP contribution in [0.3, 0.4) is 0 Å². The van der Waals surface area contributed by atoms with Gasteiger partial charge in [0, 0.05) is 25.5 Å². The summed E-state index contributed by atoms with van der Waals surface area (Å²) in [6.07, 6.45) is 4.37. The molecule has 0 fully saturated rings. The number of carbonyl (C=O) groups is 1. The number of thiophene rings is 1. The molecule has 1 aromatic carbocycles. The van der Waals surface area contributed by atoms with E-state index < -0.39 is 0 Å². The number of nitrogens with one attached hydrogen (secondary N) is 1. The summed E-state index contributed by atoms with van der Waals surface area (Å²) in [5, 5.41) is 5.09. The van der Waals surface area contributed by atoms with Crippen molar-refractivity contribution in [2.75, 3.05) is 0 Å². The van der Waals surface area contributed by atoms with Crippen LogP contribution in [0.2, 0.25) is 0 Å². The molecule has 3 aromatic heterocycles. The van der Waals surface area contributed by atoms with Crippen molar-refractivity contribution in [3.8, 4) is 0 Å². The van der Waals surface area contributed by atoms with Gasteiger partial charge >= 0.3 is 0 Å². The smallest absolute Gasteiger partial charge is 0.268 e. The lowest BCUT2D eigenvalue weighted by Crippen LogP contribution is -2.25. The highest BCUT2D eigenvalue weighted by Crippen LogP contribution is 2.26. The topological polar surface area (TPSA) is 46.9 Å². The summed E-state index contributed by atoms with van der Waals surface area (Å²) in [4.78, 5) is 16.8. The Bertz CT molecular complexity index is 1010. The van der Waals surface area contributed by atoms with E-state index in [4.69, 9.17) is 0 Å². The van der Waals surface area contributed by atoms with Crippen molar-refractivity contribution in [3.63, 3.8) is 0 Å². The Labute approximate surface area is 156 Å². The molecule has 0 aliphatic heterocycles. The van der Waals surface area contributed by atoms with Crippen molar-refractivity contribution in [2.45, 2.75) is 19.5 Å². The second-order valence-electron chi connectivity index (χ2n) is 6.13. The Morgan fingerprint density at radius 3 is 2.65 bits per heavy atom. The summed E-state index contributed by atoms with van der Waals surface area (Å²) >= 11 is 1.67. The van der Waals surface area contributed by atoms with E-state index >= 15 is 0 Å². The normalized spacial score (nSPS) is 10.9. The standard InChI is InChI=1S/C21H19N3OS/c25-21(23-15-17-6-10-22-11-7-17)19-14-20-18(9-13-26-20)24(19)12-8-16-4-2-1-3-5-16/h1-7,9-11,13-14H,8,12,15H2,(H,23,25). The zero-order valence-corrected chi connectivity index (χ0v) is 15.1. The molecule has 0 radical (unpaired) electrons. The van der Waals surface area contributed by atoms with E-state index in [1.165, 1.54) is 5.56 Å². The van der Waals surface area contributed by atoms with Crippen molar-refractivity contribution >= 4 is 27.5 Å². The predicted molar refractivity (Wildman–Crippen MR) is 105 cm³/mol. The molecule has 1 amide bonds. The second-order valence-corrected chi connectivity index (χ2v) is 7.07. The van der Waals surface area contributed by atoms with Crippen LogP contribution in [0.15, 0.2) is 72.4 Å². The molecule has 4 rings (SSSR count). The minimum absolute atomic E-state index is 0.0433. The molecule has 4 nitrogen and oxygen atoms in total. The molecule has 0 atom stereocenters. The Morgan fingerprint density at radius 2 is 1.85 bits per heavy atom. The maximum atomic E-state index is 12.8. The van der Waals surface area contributed by atoms with Crippen molar-refractivity contribution in [3.05, 3.63) is 89.2 Å². The van der Waals surface area contributed by atoms with Gasteiger partial charge in [0.1, 0.15) is 5.69 Å². The molecule has 0 spiro atoms. The zero-order chi connectivity index (χ0) is 17.8. The molecule has 0 unspecified atom stereocenters. The second kappa shape index (κ2) is 7.54. The number of nitrogens with zero attached hydrogens (tertiary/aromatic N) is 2. The van der Waals surface area contributed by atoms with Crippen LogP contribution in [0.1, 0.15) is 21.6 Å². The van der Waals surface area contributed by atoms with E-state index in [0.29, 0.717) is 6.54 Å². The molecule has 4 aromatic rings. The first-order valence-corrected chi connectivity index (χ1v) is 9.47. The Morgan fingerprint density at radius 1 is 1.04 bits per heavy atom. The fourth-order valence-electron chi connectivity index (χ4n) is 3.07. The van der Waals surface area contributed by atoms with Gasteiger partial charge in [0.2, 0.25) is 0 Å². The molecule has 3 heterocycles.